The lowest BCUT2D eigenvalue weighted by Crippen LogP contribution is -2.22. The Morgan fingerprint density at radius 3 is 2.50 bits per heavy atom. The van der Waals surface area contributed by atoms with E-state index in [0.717, 1.165) is 6.42 Å². The Morgan fingerprint density at radius 1 is 1.40 bits per heavy atom. The van der Waals surface area contributed by atoms with Gasteiger partial charge in [-0.15, -0.1) is 0 Å². The molecule has 0 aromatic carbocycles. The maximum absolute atomic E-state index is 11.3. The molecule has 1 aromatic heterocycles. The summed E-state index contributed by atoms with van der Waals surface area (Å²) in [6.45, 7) is 4.69. The van der Waals surface area contributed by atoms with E-state index in [4.69, 9.17) is 0 Å². The third-order valence-electron chi connectivity index (χ3n) is 2.67. The van der Waals surface area contributed by atoms with Crippen LogP contribution in [0.2, 0.25) is 0 Å². The zero-order valence-electron chi connectivity index (χ0n) is 11.8. The van der Waals surface area contributed by atoms with Crippen LogP contribution < -0.4 is 10.6 Å². The molecule has 0 saturated carbocycles. The van der Waals surface area contributed by atoms with E-state index >= 15 is 0 Å². The first-order valence-corrected chi connectivity index (χ1v) is 7.88. The highest BCUT2D eigenvalue weighted by molar-refractivity contribution is 7.84. The molecule has 0 amide bonds. The number of hydrogen-bond acceptors (Lipinski definition) is 7. The summed E-state index contributed by atoms with van der Waals surface area (Å²) in [5, 5.41) is 16.8. The van der Waals surface area contributed by atoms with Crippen molar-refractivity contribution in [3.05, 3.63) is 16.4 Å². The van der Waals surface area contributed by atoms with Crippen molar-refractivity contribution in [1.29, 1.82) is 0 Å². The van der Waals surface area contributed by atoms with Crippen molar-refractivity contribution < 1.29 is 9.13 Å². The Bertz CT molecular complexity index is 497. The average molecular weight is 301 g/mol. The summed E-state index contributed by atoms with van der Waals surface area (Å²) < 4.78 is 11.3. The molecule has 2 N–H and O–H groups in total. The number of anilines is 2. The van der Waals surface area contributed by atoms with Gasteiger partial charge in [0, 0.05) is 35.4 Å². The SMILES string of the molecule is CCCNc1ncnc(NCC(C)S(C)=O)c1[N+](=O)[O-]. The van der Waals surface area contributed by atoms with Gasteiger partial charge >= 0.3 is 5.69 Å². The van der Waals surface area contributed by atoms with Crippen LogP contribution in [0.4, 0.5) is 17.3 Å². The van der Waals surface area contributed by atoms with Crippen LogP contribution >= 0.6 is 0 Å². The monoisotopic (exact) mass is 301 g/mol. The summed E-state index contributed by atoms with van der Waals surface area (Å²) in [6, 6.07) is 0. The molecule has 0 bridgehead atoms. The van der Waals surface area contributed by atoms with Gasteiger partial charge < -0.3 is 10.6 Å². The highest BCUT2D eigenvalue weighted by Crippen LogP contribution is 2.28. The topological polar surface area (TPSA) is 110 Å². The number of nitro groups is 1. The van der Waals surface area contributed by atoms with Crippen molar-refractivity contribution in [3.63, 3.8) is 0 Å². The van der Waals surface area contributed by atoms with Crippen LogP contribution in [-0.4, -0.2) is 43.7 Å². The molecule has 1 aromatic rings. The molecule has 0 aliphatic carbocycles. The Morgan fingerprint density at radius 2 is 2.00 bits per heavy atom. The zero-order valence-corrected chi connectivity index (χ0v) is 12.6. The fourth-order valence-electron chi connectivity index (χ4n) is 1.41. The first kappa shape index (κ1) is 16.3. The number of aromatic nitrogens is 2. The fraction of sp³-hybridized carbons (Fsp3) is 0.636. The molecule has 0 aliphatic heterocycles. The van der Waals surface area contributed by atoms with E-state index in [1.165, 1.54) is 6.33 Å². The predicted octanol–water partition coefficient (Wildman–Crippen LogP) is 1.39. The molecule has 1 rings (SSSR count). The lowest BCUT2D eigenvalue weighted by molar-refractivity contribution is -0.383. The molecule has 1 heterocycles. The second kappa shape index (κ2) is 7.73. The van der Waals surface area contributed by atoms with Crippen LogP contribution in [0.5, 0.6) is 0 Å². The Hall–Kier alpha value is -1.77. The number of nitrogens with zero attached hydrogens (tertiary/aromatic N) is 3. The standard InChI is InChI=1S/C11H19N5O3S/c1-4-5-12-10-9(16(17)18)11(15-7-14-10)13-6-8(2)20(3)19/h7-8H,4-6H2,1-3H3,(H2,12,13,14,15). The first-order chi connectivity index (χ1) is 9.47. The Balaban J connectivity index is 2.94. The molecule has 0 spiro atoms. The number of hydrogen-bond donors (Lipinski definition) is 2. The van der Waals surface area contributed by atoms with Crippen molar-refractivity contribution >= 4 is 28.1 Å². The molecule has 9 heteroatoms. The van der Waals surface area contributed by atoms with E-state index in [9.17, 15) is 14.3 Å². The summed E-state index contributed by atoms with van der Waals surface area (Å²) in [4.78, 5) is 18.4. The van der Waals surface area contributed by atoms with Crippen LogP contribution in [0, 0.1) is 10.1 Å². The quantitative estimate of drug-likeness (QED) is 0.551. The van der Waals surface area contributed by atoms with Gasteiger partial charge in [-0.05, 0) is 13.3 Å². The molecule has 20 heavy (non-hydrogen) atoms. The number of nitrogens with one attached hydrogen (secondary N) is 2. The summed E-state index contributed by atoms with van der Waals surface area (Å²) in [5.74, 6) is 0.334. The van der Waals surface area contributed by atoms with E-state index in [-0.39, 0.29) is 22.6 Å². The molecule has 2 atom stereocenters. The summed E-state index contributed by atoms with van der Waals surface area (Å²) in [5.41, 5.74) is -0.185. The number of rotatable bonds is 8. The van der Waals surface area contributed by atoms with Gasteiger partial charge in [0.25, 0.3) is 0 Å². The maximum Gasteiger partial charge on any atom is 0.353 e. The van der Waals surface area contributed by atoms with E-state index in [1.54, 1.807) is 13.2 Å². The van der Waals surface area contributed by atoms with Gasteiger partial charge in [0.15, 0.2) is 0 Å². The lowest BCUT2D eigenvalue weighted by atomic mass is 10.4. The Kier molecular flexibility index (Phi) is 6.29. The molecule has 0 fully saturated rings. The van der Waals surface area contributed by atoms with Crippen LogP contribution in [0.15, 0.2) is 6.33 Å². The van der Waals surface area contributed by atoms with Crippen LogP contribution in [-0.2, 0) is 10.8 Å². The molecular formula is C11H19N5O3S. The third-order valence-corrected chi connectivity index (χ3v) is 3.97. The van der Waals surface area contributed by atoms with Crippen molar-refractivity contribution in [1.82, 2.24) is 9.97 Å². The minimum atomic E-state index is -1.00. The fourth-order valence-corrected chi connectivity index (χ4v) is 1.73. The van der Waals surface area contributed by atoms with Crippen LogP contribution in [0.3, 0.4) is 0 Å². The molecule has 0 radical (unpaired) electrons. The summed E-state index contributed by atoms with van der Waals surface area (Å²) >= 11 is 0. The van der Waals surface area contributed by atoms with Crippen molar-refractivity contribution in [2.75, 3.05) is 30.0 Å². The minimum Gasteiger partial charge on any atom is -0.364 e. The first-order valence-electron chi connectivity index (χ1n) is 6.26. The zero-order chi connectivity index (χ0) is 15.1. The van der Waals surface area contributed by atoms with Gasteiger partial charge in [-0.1, -0.05) is 6.92 Å². The maximum atomic E-state index is 11.3. The van der Waals surface area contributed by atoms with Crippen molar-refractivity contribution in [2.24, 2.45) is 0 Å². The smallest absolute Gasteiger partial charge is 0.353 e. The molecule has 0 saturated heterocycles. The third kappa shape index (κ3) is 4.41. The van der Waals surface area contributed by atoms with E-state index in [2.05, 4.69) is 20.6 Å². The lowest BCUT2D eigenvalue weighted by Gasteiger charge is -2.12. The second-order valence-corrected chi connectivity index (χ2v) is 6.10. The van der Waals surface area contributed by atoms with E-state index in [0.29, 0.717) is 13.1 Å². The van der Waals surface area contributed by atoms with Gasteiger partial charge in [-0.25, -0.2) is 9.97 Å². The molecule has 2 unspecified atom stereocenters. The highest BCUT2D eigenvalue weighted by Gasteiger charge is 2.23. The summed E-state index contributed by atoms with van der Waals surface area (Å²) in [6.07, 6.45) is 3.69. The van der Waals surface area contributed by atoms with Crippen LogP contribution in [0.1, 0.15) is 20.3 Å². The van der Waals surface area contributed by atoms with E-state index in [1.807, 2.05) is 6.92 Å². The van der Waals surface area contributed by atoms with Gasteiger partial charge in [-0.3, -0.25) is 14.3 Å². The normalized spacial score (nSPS) is 13.6. The average Bonchev–Trinajstić information content (AvgIpc) is 2.41. The molecule has 0 aliphatic rings. The van der Waals surface area contributed by atoms with Gasteiger partial charge in [0.2, 0.25) is 11.6 Å². The Labute approximate surface area is 120 Å². The highest BCUT2D eigenvalue weighted by atomic mass is 32.2. The predicted molar refractivity (Wildman–Crippen MR) is 79.5 cm³/mol. The van der Waals surface area contributed by atoms with Crippen molar-refractivity contribution in [2.45, 2.75) is 25.5 Å². The minimum absolute atomic E-state index is 0.128. The van der Waals surface area contributed by atoms with Gasteiger partial charge in [0.05, 0.1) is 4.92 Å². The van der Waals surface area contributed by atoms with Crippen molar-refractivity contribution in [3.8, 4) is 0 Å². The van der Waals surface area contributed by atoms with E-state index < -0.39 is 15.7 Å². The summed E-state index contributed by atoms with van der Waals surface area (Å²) in [7, 11) is -1.00. The molecular weight excluding hydrogens is 282 g/mol. The van der Waals surface area contributed by atoms with Gasteiger partial charge in [0.1, 0.15) is 6.33 Å². The molecule has 112 valence electrons. The van der Waals surface area contributed by atoms with Crippen LogP contribution in [0.25, 0.3) is 0 Å². The molecule has 8 nitrogen and oxygen atoms in total. The largest absolute Gasteiger partial charge is 0.364 e. The van der Waals surface area contributed by atoms with Gasteiger partial charge in [-0.2, -0.15) is 0 Å². The second-order valence-electron chi connectivity index (χ2n) is 4.29.